The Morgan fingerprint density at radius 1 is 1.18 bits per heavy atom. The fraction of sp³-hybridized carbons (Fsp3) is 0.250. The number of carbonyl (C=O) groups excluding carboxylic acids is 1. The largest absolute Gasteiger partial charge is 0.416 e. The Balaban J connectivity index is 1.69. The molecule has 1 aliphatic rings. The van der Waals surface area contributed by atoms with Gasteiger partial charge in [0.05, 0.1) is 16.5 Å². The van der Waals surface area contributed by atoms with Crippen LogP contribution in [-0.2, 0) is 17.4 Å². The fourth-order valence-corrected chi connectivity index (χ4v) is 3.61. The summed E-state index contributed by atoms with van der Waals surface area (Å²) in [5.74, 6) is -0.288. The van der Waals surface area contributed by atoms with E-state index in [0.717, 1.165) is 23.3 Å². The van der Waals surface area contributed by atoms with Gasteiger partial charge in [-0.1, -0.05) is 59.8 Å². The minimum absolute atomic E-state index is 0.181. The molecule has 0 spiro atoms. The van der Waals surface area contributed by atoms with Crippen LogP contribution in [0, 0.1) is 6.92 Å². The predicted octanol–water partition coefficient (Wildman–Crippen LogP) is 4.57. The molecule has 0 radical (unpaired) electrons. The topological polar surface area (TPSA) is 53.8 Å². The Morgan fingerprint density at radius 2 is 1.89 bits per heavy atom. The van der Waals surface area contributed by atoms with Gasteiger partial charge in [-0.05, 0) is 37.5 Å². The molecule has 8 heteroatoms. The highest BCUT2D eigenvalue weighted by Crippen LogP contribution is 2.31. The third kappa shape index (κ3) is 5.01. The van der Waals surface area contributed by atoms with Crippen molar-refractivity contribution in [2.45, 2.75) is 31.7 Å². The van der Waals surface area contributed by atoms with Gasteiger partial charge >= 0.3 is 6.18 Å². The molecular weight excluding hydrogens is 387 g/mol. The maximum absolute atomic E-state index is 12.8. The molecule has 0 saturated carbocycles. The number of nitrogens with zero attached hydrogens (tertiary/aromatic N) is 2. The molecule has 0 aromatic heterocycles. The van der Waals surface area contributed by atoms with E-state index in [2.05, 4.69) is 15.5 Å². The van der Waals surface area contributed by atoms with Crippen LogP contribution in [0.2, 0.25) is 0 Å². The molecule has 1 saturated heterocycles. The lowest BCUT2D eigenvalue weighted by molar-refractivity contribution is -0.137. The third-order valence-electron chi connectivity index (χ3n) is 4.21. The molecule has 3 rings (SSSR count). The van der Waals surface area contributed by atoms with E-state index in [-0.39, 0.29) is 12.3 Å². The normalized spacial score (nSPS) is 19.2. The molecule has 0 aliphatic carbocycles. The number of hydrogen-bond acceptors (Lipinski definition) is 4. The number of thioether (sulfide) groups is 1. The molecule has 1 fully saturated rings. The van der Waals surface area contributed by atoms with Crippen LogP contribution in [0.4, 0.5) is 13.2 Å². The summed E-state index contributed by atoms with van der Waals surface area (Å²) in [6, 6.07) is 12.8. The number of hydrogen-bond donors (Lipinski definition) is 1. The average molecular weight is 405 g/mol. The molecule has 1 N–H and O–H groups in total. The number of nitrogens with one attached hydrogen (secondary N) is 1. The highest BCUT2D eigenvalue weighted by molar-refractivity contribution is 8.15. The lowest BCUT2D eigenvalue weighted by Gasteiger charge is -2.10. The highest BCUT2D eigenvalue weighted by atomic mass is 32.2. The van der Waals surface area contributed by atoms with Crippen LogP contribution in [0.3, 0.4) is 0 Å². The Morgan fingerprint density at radius 3 is 2.57 bits per heavy atom. The molecule has 146 valence electrons. The van der Waals surface area contributed by atoms with Gasteiger partial charge in [-0.2, -0.15) is 18.3 Å². The number of rotatable bonds is 4. The van der Waals surface area contributed by atoms with E-state index in [4.69, 9.17) is 0 Å². The number of aryl methyl sites for hydroxylation is 1. The summed E-state index contributed by atoms with van der Waals surface area (Å²) in [5, 5.41) is 10.7. The summed E-state index contributed by atoms with van der Waals surface area (Å²) in [5.41, 5.74) is 2.48. The molecule has 0 bridgehead atoms. The van der Waals surface area contributed by atoms with Crippen LogP contribution in [0.5, 0.6) is 0 Å². The summed E-state index contributed by atoms with van der Waals surface area (Å²) < 4.78 is 38.5. The van der Waals surface area contributed by atoms with Gasteiger partial charge in [-0.3, -0.25) is 4.79 Å². The maximum Gasteiger partial charge on any atom is 0.416 e. The molecule has 2 aromatic rings. The molecule has 1 amide bonds. The fourth-order valence-electron chi connectivity index (χ4n) is 2.65. The van der Waals surface area contributed by atoms with Crippen LogP contribution in [0.15, 0.2) is 58.7 Å². The van der Waals surface area contributed by atoms with Crippen molar-refractivity contribution in [3.05, 3.63) is 70.8 Å². The molecule has 1 aliphatic heterocycles. The lowest BCUT2D eigenvalue weighted by atomic mass is 10.1. The van der Waals surface area contributed by atoms with Gasteiger partial charge in [0.2, 0.25) is 5.91 Å². The third-order valence-corrected chi connectivity index (χ3v) is 5.28. The summed E-state index contributed by atoms with van der Waals surface area (Å²) in [6.45, 7) is 3.81. The van der Waals surface area contributed by atoms with Crippen molar-refractivity contribution in [2.24, 2.45) is 10.2 Å². The smallest absolute Gasteiger partial charge is 0.303 e. The molecule has 28 heavy (non-hydrogen) atoms. The van der Waals surface area contributed by atoms with Crippen molar-refractivity contribution < 1.29 is 18.0 Å². The number of carbonyl (C=O) groups is 1. The summed E-state index contributed by atoms with van der Waals surface area (Å²) in [7, 11) is 0. The van der Waals surface area contributed by atoms with E-state index in [9.17, 15) is 18.0 Å². The van der Waals surface area contributed by atoms with E-state index in [1.165, 1.54) is 17.8 Å². The highest BCUT2D eigenvalue weighted by Gasteiger charge is 2.33. The van der Waals surface area contributed by atoms with Crippen molar-refractivity contribution in [3.8, 4) is 0 Å². The van der Waals surface area contributed by atoms with Crippen molar-refractivity contribution in [2.75, 3.05) is 0 Å². The van der Waals surface area contributed by atoms with E-state index in [1.54, 1.807) is 6.07 Å². The number of benzene rings is 2. The first-order chi connectivity index (χ1) is 13.2. The lowest BCUT2D eigenvalue weighted by Crippen LogP contribution is -2.26. The molecular formula is C20H18F3N3OS. The van der Waals surface area contributed by atoms with Crippen LogP contribution >= 0.6 is 11.8 Å². The van der Waals surface area contributed by atoms with Crippen LogP contribution in [0.1, 0.15) is 29.2 Å². The van der Waals surface area contributed by atoms with Gasteiger partial charge in [0.1, 0.15) is 0 Å². The SMILES string of the molecule is C/C(=N/N=C1/NC(=O)[C@H](Cc2cccc(C(F)(F)F)c2)S1)c1ccc(C)cc1. The van der Waals surface area contributed by atoms with Gasteiger partial charge in [-0.15, -0.1) is 5.10 Å². The predicted molar refractivity (Wildman–Crippen MR) is 105 cm³/mol. The van der Waals surface area contributed by atoms with Crippen LogP contribution in [0.25, 0.3) is 0 Å². The standard InChI is InChI=1S/C20H18F3N3OS/c1-12-6-8-15(9-7-12)13(2)25-26-19-24-18(27)17(28-19)11-14-4-3-5-16(10-14)20(21,22)23/h3-10,17H,11H2,1-2H3,(H,24,26,27)/b25-13-/t17-/m0/s1. The van der Waals surface area contributed by atoms with Crippen molar-refractivity contribution in [1.29, 1.82) is 0 Å². The second kappa shape index (κ2) is 8.18. The molecule has 0 unspecified atom stereocenters. The number of halogens is 3. The Hall–Kier alpha value is -2.61. The molecule has 4 nitrogen and oxygen atoms in total. The molecule has 2 aromatic carbocycles. The first kappa shape index (κ1) is 20.1. The quantitative estimate of drug-likeness (QED) is 0.599. The number of amides is 1. The number of amidine groups is 1. The minimum Gasteiger partial charge on any atom is -0.303 e. The number of alkyl halides is 3. The molecule has 1 heterocycles. The van der Waals surface area contributed by atoms with Gasteiger partial charge in [0, 0.05) is 0 Å². The van der Waals surface area contributed by atoms with E-state index in [1.807, 2.05) is 38.1 Å². The van der Waals surface area contributed by atoms with Crippen molar-refractivity contribution in [3.63, 3.8) is 0 Å². The Labute approximate surface area is 164 Å². The Bertz CT molecular complexity index is 936. The van der Waals surface area contributed by atoms with E-state index in [0.29, 0.717) is 16.4 Å². The Kier molecular flexibility index (Phi) is 5.88. The van der Waals surface area contributed by atoms with Crippen LogP contribution < -0.4 is 5.32 Å². The van der Waals surface area contributed by atoms with Gasteiger partial charge in [-0.25, -0.2) is 0 Å². The first-order valence-electron chi connectivity index (χ1n) is 8.55. The van der Waals surface area contributed by atoms with Gasteiger partial charge in [0.15, 0.2) is 5.17 Å². The van der Waals surface area contributed by atoms with Crippen molar-refractivity contribution >= 4 is 28.5 Å². The zero-order chi connectivity index (χ0) is 20.3. The average Bonchev–Trinajstić information content (AvgIpc) is 2.99. The summed E-state index contributed by atoms with van der Waals surface area (Å²) in [6.07, 6.45) is -4.23. The zero-order valence-corrected chi connectivity index (χ0v) is 16.1. The van der Waals surface area contributed by atoms with Gasteiger partial charge < -0.3 is 5.32 Å². The first-order valence-corrected chi connectivity index (χ1v) is 9.43. The zero-order valence-electron chi connectivity index (χ0n) is 15.2. The second-order valence-corrected chi connectivity index (χ2v) is 7.65. The van der Waals surface area contributed by atoms with E-state index >= 15 is 0 Å². The van der Waals surface area contributed by atoms with Gasteiger partial charge in [0.25, 0.3) is 0 Å². The summed E-state index contributed by atoms with van der Waals surface area (Å²) >= 11 is 1.17. The maximum atomic E-state index is 12.8. The minimum atomic E-state index is -4.41. The van der Waals surface area contributed by atoms with Crippen molar-refractivity contribution in [1.82, 2.24) is 5.32 Å². The molecule has 1 atom stereocenters. The summed E-state index contributed by atoms with van der Waals surface area (Å²) in [4.78, 5) is 12.1. The second-order valence-electron chi connectivity index (χ2n) is 6.45. The van der Waals surface area contributed by atoms with Crippen LogP contribution in [-0.4, -0.2) is 22.0 Å². The van der Waals surface area contributed by atoms with E-state index < -0.39 is 17.0 Å². The monoisotopic (exact) mass is 405 g/mol.